The van der Waals surface area contributed by atoms with Gasteiger partial charge in [0.2, 0.25) is 5.91 Å². The van der Waals surface area contributed by atoms with E-state index in [1.807, 2.05) is 6.07 Å². The van der Waals surface area contributed by atoms with E-state index in [1.54, 1.807) is 48.7 Å². The van der Waals surface area contributed by atoms with E-state index < -0.39 is 0 Å². The fourth-order valence-electron chi connectivity index (χ4n) is 1.48. The molecule has 2 amide bonds. The summed E-state index contributed by atoms with van der Waals surface area (Å²) in [5.74, 6) is -0.138. The van der Waals surface area contributed by atoms with Gasteiger partial charge in [-0.05, 0) is 24.3 Å². The molecule has 2 rings (SSSR count). The van der Waals surface area contributed by atoms with Gasteiger partial charge in [-0.15, -0.1) is 0 Å². The van der Waals surface area contributed by atoms with Gasteiger partial charge in [0.1, 0.15) is 5.82 Å². The molecular weight excluding hydrogens is 242 g/mol. The highest BCUT2D eigenvalue weighted by Gasteiger charge is 2.07. The van der Waals surface area contributed by atoms with Crippen LogP contribution >= 0.6 is 0 Å². The van der Waals surface area contributed by atoms with Crippen molar-refractivity contribution < 1.29 is 9.59 Å². The zero-order valence-electron chi connectivity index (χ0n) is 10.2. The number of hydrogen-bond acceptors (Lipinski definition) is 3. The quantitative estimate of drug-likeness (QED) is 0.868. The average molecular weight is 255 g/mol. The molecule has 0 bridgehead atoms. The molecule has 0 aliphatic rings. The van der Waals surface area contributed by atoms with E-state index in [-0.39, 0.29) is 18.4 Å². The number of anilines is 1. The fraction of sp³-hybridized carbons (Fsp3) is 0.0714. The summed E-state index contributed by atoms with van der Waals surface area (Å²) in [6.45, 7) is -0.0930. The molecule has 2 aromatic rings. The van der Waals surface area contributed by atoms with Gasteiger partial charge in [-0.3, -0.25) is 9.59 Å². The summed E-state index contributed by atoms with van der Waals surface area (Å²) in [6, 6.07) is 13.9. The molecule has 1 heterocycles. The molecule has 1 aromatic heterocycles. The maximum atomic E-state index is 11.7. The third-order valence-corrected chi connectivity index (χ3v) is 2.38. The number of hydrogen-bond donors (Lipinski definition) is 2. The molecule has 2 N–H and O–H groups in total. The first-order chi connectivity index (χ1) is 9.25. The van der Waals surface area contributed by atoms with E-state index in [4.69, 9.17) is 0 Å². The van der Waals surface area contributed by atoms with Crippen LogP contribution in [0.25, 0.3) is 0 Å². The molecule has 0 saturated heterocycles. The molecule has 0 aliphatic heterocycles. The molecule has 0 spiro atoms. The molecule has 96 valence electrons. The SMILES string of the molecule is O=C(CNC(=O)c1ccccc1)Nc1ccccn1. The number of nitrogens with one attached hydrogen (secondary N) is 2. The van der Waals surface area contributed by atoms with Crippen molar-refractivity contribution in [2.45, 2.75) is 0 Å². The fourth-order valence-corrected chi connectivity index (χ4v) is 1.48. The number of carbonyl (C=O) groups excluding carboxylic acids is 2. The van der Waals surface area contributed by atoms with Crippen molar-refractivity contribution in [2.75, 3.05) is 11.9 Å². The highest BCUT2D eigenvalue weighted by atomic mass is 16.2. The Morgan fingerprint density at radius 1 is 1.00 bits per heavy atom. The van der Waals surface area contributed by atoms with Gasteiger partial charge in [-0.2, -0.15) is 0 Å². The Bertz CT molecular complexity index is 555. The standard InChI is InChI=1S/C14H13N3O2/c18-13(17-12-8-4-5-9-15-12)10-16-14(19)11-6-2-1-3-7-11/h1-9H,10H2,(H,16,19)(H,15,17,18). The molecule has 0 radical (unpaired) electrons. The topological polar surface area (TPSA) is 71.1 Å². The smallest absolute Gasteiger partial charge is 0.251 e. The number of rotatable bonds is 4. The number of nitrogens with zero attached hydrogens (tertiary/aromatic N) is 1. The Labute approximate surface area is 110 Å². The van der Waals surface area contributed by atoms with E-state index in [0.717, 1.165) is 0 Å². The second-order valence-corrected chi connectivity index (χ2v) is 3.81. The second-order valence-electron chi connectivity index (χ2n) is 3.81. The maximum absolute atomic E-state index is 11.7. The van der Waals surface area contributed by atoms with Crippen LogP contribution in [0.5, 0.6) is 0 Å². The van der Waals surface area contributed by atoms with Gasteiger partial charge in [0, 0.05) is 11.8 Å². The molecule has 5 heteroatoms. The molecule has 0 unspecified atom stereocenters. The van der Waals surface area contributed by atoms with Crippen LogP contribution in [0.15, 0.2) is 54.7 Å². The maximum Gasteiger partial charge on any atom is 0.251 e. The lowest BCUT2D eigenvalue weighted by molar-refractivity contribution is -0.115. The zero-order valence-corrected chi connectivity index (χ0v) is 10.2. The van der Waals surface area contributed by atoms with Crippen LogP contribution in [0.3, 0.4) is 0 Å². The summed E-state index contributed by atoms with van der Waals surface area (Å²) in [6.07, 6.45) is 1.58. The lowest BCUT2D eigenvalue weighted by Gasteiger charge is -2.06. The number of carbonyl (C=O) groups is 2. The average Bonchev–Trinajstić information content (AvgIpc) is 2.47. The van der Waals surface area contributed by atoms with Gasteiger partial charge >= 0.3 is 0 Å². The highest BCUT2D eigenvalue weighted by Crippen LogP contribution is 2.00. The number of pyridine rings is 1. The van der Waals surface area contributed by atoms with Crippen molar-refractivity contribution in [2.24, 2.45) is 0 Å². The monoisotopic (exact) mass is 255 g/mol. The van der Waals surface area contributed by atoms with Gasteiger partial charge in [0.05, 0.1) is 6.54 Å². The minimum absolute atomic E-state index is 0.0930. The molecule has 1 aromatic carbocycles. The third kappa shape index (κ3) is 3.92. The molecular formula is C14H13N3O2. The van der Waals surface area contributed by atoms with E-state index in [2.05, 4.69) is 15.6 Å². The molecule has 0 aliphatic carbocycles. The lowest BCUT2D eigenvalue weighted by Crippen LogP contribution is -2.32. The first-order valence-electron chi connectivity index (χ1n) is 5.80. The Kier molecular flexibility index (Phi) is 4.23. The number of amides is 2. The van der Waals surface area contributed by atoms with E-state index >= 15 is 0 Å². The molecule has 19 heavy (non-hydrogen) atoms. The Morgan fingerprint density at radius 3 is 2.42 bits per heavy atom. The minimum atomic E-state index is -0.317. The second kappa shape index (κ2) is 6.30. The first-order valence-corrected chi connectivity index (χ1v) is 5.80. The lowest BCUT2D eigenvalue weighted by atomic mass is 10.2. The van der Waals surface area contributed by atoms with Crippen molar-refractivity contribution >= 4 is 17.6 Å². The molecule has 0 saturated carbocycles. The minimum Gasteiger partial charge on any atom is -0.343 e. The van der Waals surface area contributed by atoms with Gasteiger partial charge < -0.3 is 10.6 Å². The van der Waals surface area contributed by atoms with Gasteiger partial charge in [0.15, 0.2) is 0 Å². The summed E-state index contributed by atoms with van der Waals surface area (Å²) >= 11 is 0. The molecule has 0 atom stereocenters. The Balaban J connectivity index is 1.83. The van der Waals surface area contributed by atoms with Crippen LogP contribution in [0, 0.1) is 0 Å². The Hall–Kier alpha value is -2.69. The van der Waals surface area contributed by atoms with Crippen LogP contribution < -0.4 is 10.6 Å². The van der Waals surface area contributed by atoms with Gasteiger partial charge in [-0.25, -0.2) is 4.98 Å². The van der Waals surface area contributed by atoms with Crippen molar-refractivity contribution in [1.82, 2.24) is 10.3 Å². The Morgan fingerprint density at radius 2 is 1.74 bits per heavy atom. The largest absolute Gasteiger partial charge is 0.343 e. The van der Waals surface area contributed by atoms with Crippen molar-refractivity contribution in [3.63, 3.8) is 0 Å². The summed E-state index contributed by atoms with van der Waals surface area (Å²) < 4.78 is 0. The van der Waals surface area contributed by atoms with Crippen LogP contribution in [0.4, 0.5) is 5.82 Å². The van der Waals surface area contributed by atoms with E-state index in [0.29, 0.717) is 11.4 Å². The van der Waals surface area contributed by atoms with Crippen LogP contribution in [0.2, 0.25) is 0 Å². The summed E-state index contributed by atoms with van der Waals surface area (Å²) in [7, 11) is 0. The number of aromatic nitrogens is 1. The predicted octanol–water partition coefficient (Wildman–Crippen LogP) is 1.45. The van der Waals surface area contributed by atoms with Crippen LogP contribution in [-0.2, 0) is 4.79 Å². The number of benzene rings is 1. The van der Waals surface area contributed by atoms with Gasteiger partial charge in [0.25, 0.3) is 5.91 Å². The first kappa shape index (κ1) is 12.8. The zero-order chi connectivity index (χ0) is 13.5. The highest BCUT2D eigenvalue weighted by molar-refractivity contribution is 5.98. The van der Waals surface area contributed by atoms with Crippen LogP contribution in [0.1, 0.15) is 10.4 Å². The van der Waals surface area contributed by atoms with E-state index in [9.17, 15) is 9.59 Å². The predicted molar refractivity (Wildman–Crippen MR) is 71.6 cm³/mol. The van der Waals surface area contributed by atoms with Gasteiger partial charge in [-0.1, -0.05) is 24.3 Å². The van der Waals surface area contributed by atoms with Crippen molar-refractivity contribution in [1.29, 1.82) is 0 Å². The third-order valence-electron chi connectivity index (χ3n) is 2.38. The van der Waals surface area contributed by atoms with E-state index in [1.165, 1.54) is 0 Å². The summed E-state index contributed by atoms with van der Waals surface area (Å²) in [5.41, 5.74) is 0.521. The normalized spacial score (nSPS) is 9.68. The summed E-state index contributed by atoms with van der Waals surface area (Å²) in [4.78, 5) is 27.2. The molecule has 0 fully saturated rings. The van der Waals surface area contributed by atoms with Crippen molar-refractivity contribution in [3.05, 3.63) is 60.3 Å². The van der Waals surface area contributed by atoms with Crippen molar-refractivity contribution in [3.8, 4) is 0 Å². The summed E-state index contributed by atoms with van der Waals surface area (Å²) in [5, 5.41) is 5.12. The van der Waals surface area contributed by atoms with Crippen LogP contribution in [-0.4, -0.2) is 23.3 Å². The molecule has 5 nitrogen and oxygen atoms in total.